The molecule has 0 bridgehead atoms. The molecule has 5 N–H and O–H groups in total. The Kier molecular flexibility index (Phi) is 7.01. The summed E-state index contributed by atoms with van der Waals surface area (Å²) in [5.41, 5.74) is 3.99. The first kappa shape index (κ1) is 20.2. The van der Waals surface area contributed by atoms with Crippen LogP contribution in [0.3, 0.4) is 0 Å². The molecule has 0 aliphatic heterocycles. The molecule has 7 nitrogen and oxygen atoms in total. The van der Waals surface area contributed by atoms with Crippen LogP contribution in [0.15, 0.2) is 40.0 Å². The van der Waals surface area contributed by atoms with Gasteiger partial charge >= 0.3 is 0 Å². The highest BCUT2D eigenvalue weighted by atomic mass is 79.9. The number of hydrogen-bond donors (Lipinski definition) is 3. The Morgan fingerprint density at radius 1 is 1.31 bits per heavy atom. The molecule has 0 atom stereocenters. The monoisotopic (exact) mass is 436 g/mol. The van der Waals surface area contributed by atoms with Crippen LogP contribution in [0.5, 0.6) is 0 Å². The fraction of sp³-hybridized carbons (Fsp3) is 0.235. The van der Waals surface area contributed by atoms with Gasteiger partial charge in [0, 0.05) is 0 Å². The third kappa shape index (κ3) is 5.20. The van der Waals surface area contributed by atoms with Gasteiger partial charge in [-0.2, -0.15) is 5.10 Å². The van der Waals surface area contributed by atoms with E-state index >= 15 is 0 Å². The van der Waals surface area contributed by atoms with Gasteiger partial charge in [0.05, 0.1) is 11.4 Å². The van der Waals surface area contributed by atoms with Crippen LogP contribution in [0.2, 0.25) is 0 Å². The fourth-order valence-electron chi connectivity index (χ4n) is 2.60. The summed E-state index contributed by atoms with van der Waals surface area (Å²) < 4.78 is 0.644. The Morgan fingerprint density at radius 2 is 1.96 bits per heavy atom. The molecule has 0 aliphatic rings. The Labute approximate surface area is 165 Å². The molecular formula is C17H21BrN6OS. The molecule has 0 spiro atoms. The van der Waals surface area contributed by atoms with E-state index < -0.39 is 0 Å². The molecule has 0 unspecified atom stereocenters. The summed E-state index contributed by atoms with van der Waals surface area (Å²) in [6.45, 7) is 5.97. The molecule has 2 rings (SSSR count). The van der Waals surface area contributed by atoms with Crippen molar-refractivity contribution in [2.75, 3.05) is 16.1 Å². The first-order valence-corrected chi connectivity index (χ1v) is 9.55. The van der Waals surface area contributed by atoms with Gasteiger partial charge in [-0.15, -0.1) is 0 Å². The summed E-state index contributed by atoms with van der Waals surface area (Å²) in [4.78, 5) is 16.3. The second-order valence-electron chi connectivity index (χ2n) is 5.71. The predicted molar refractivity (Wildman–Crippen MR) is 112 cm³/mol. The van der Waals surface area contributed by atoms with Gasteiger partial charge in [-0.25, -0.2) is 10.8 Å². The lowest BCUT2D eigenvalue weighted by molar-refractivity contribution is -0.113. The number of nitrogens with one attached hydrogen (secondary N) is 1. The topological polar surface area (TPSA) is 110 Å². The summed E-state index contributed by atoms with van der Waals surface area (Å²) in [5, 5.41) is 8.22. The number of benzene rings is 1. The zero-order valence-electron chi connectivity index (χ0n) is 14.8. The van der Waals surface area contributed by atoms with Gasteiger partial charge in [0.1, 0.15) is 10.4 Å². The minimum atomic E-state index is -0.229. The normalized spacial score (nSPS) is 11.3. The number of aryl methyl sites for hydroxylation is 3. The number of nitrogens with two attached hydrogens (primary N) is 2. The molecule has 9 heteroatoms. The number of anilines is 2. The number of amides is 1. The first-order valence-electron chi connectivity index (χ1n) is 7.77. The van der Waals surface area contributed by atoms with Gasteiger partial charge in [0.25, 0.3) is 0 Å². The number of nitrogens with zero attached hydrogens (tertiary/aromatic N) is 3. The Bertz CT molecular complexity index is 819. The quantitative estimate of drug-likeness (QED) is 0.223. The highest BCUT2D eigenvalue weighted by Crippen LogP contribution is 2.26. The molecule has 1 heterocycles. The number of thioether (sulfide) groups is 1. The summed E-state index contributed by atoms with van der Waals surface area (Å²) in [5.74, 6) is 12.0. The standard InChI is InChI=1S/C17H21BrN6OS/c1-10-7-11(2)16(12(3)8-10)24(20)17(23-19)26-9-15(25)22-14-6-4-5-13(18)21-14/h4-8H,9,19-20H2,1-3H3,(H,21,22,25)/b23-17+. The van der Waals surface area contributed by atoms with Crippen molar-refractivity contribution in [1.82, 2.24) is 4.98 Å². The van der Waals surface area contributed by atoms with Crippen molar-refractivity contribution in [2.45, 2.75) is 20.8 Å². The van der Waals surface area contributed by atoms with Crippen molar-refractivity contribution in [3.63, 3.8) is 0 Å². The number of carbonyl (C=O) groups excluding carboxylic acids is 1. The SMILES string of the molecule is Cc1cc(C)c(N(N)/C(=N\N)SCC(=O)Nc2cccc(Br)n2)c(C)c1. The van der Waals surface area contributed by atoms with Gasteiger partial charge in [-0.3, -0.25) is 9.80 Å². The second kappa shape index (κ2) is 9.02. The van der Waals surface area contributed by atoms with Crippen molar-refractivity contribution in [1.29, 1.82) is 0 Å². The van der Waals surface area contributed by atoms with E-state index in [1.165, 1.54) is 5.01 Å². The Morgan fingerprint density at radius 3 is 2.54 bits per heavy atom. The summed E-state index contributed by atoms with van der Waals surface area (Å²) >= 11 is 4.41. The number of carbonyl (C=O) groups is 1. The molecule has 0 saturated carbocycles. The molecular weight excluding hydrogens is 416 g/mol. The zero-order valence-corrected chi connectivity index (χ0v) is 17.2. The molecule has 1 aromatic heterocycles. The van der Waals surface area contributed by atoms with Crippen LogP contribution in [-0.2, 0) is 4.79 Å². The van der Waals surface area contributed by atoms with Gasteiger partial charge in [0.2, 0.25) is 11.1 Å². The van der Waals surface area contributed by atoms with Crippen LogP contribution in [0.25, 0.3) is 0 Å². The van der Waals surface area contributed by atoms with Crippen molar-refractivity contribution in [3.05, 3.63) is 51.6 Å². The number of hydrazone groups is 1. The molecule has 138 valence electrons. The maximum Gasteiger partial charge on any atom is 0.236 e. The van der Waals surface area contributed by atoms with Crippen LogP contribution in [0.4, 0.5) is 11.5 Å². The molecule has 0 fully saturated rings. The molecule has 26 heavy (non-hydrogen) atoms. The molecule has 0 radical (unpaired) electrons. The maximum atomic E-state index is 12.1. The van der Waals surface area contributed by atoms with Crippen LogP contribution in [0, 0.1) is 20.8 Å². The van der Waals surface area contributed by atoms with Crippen molar-refractivity contribution in [2.24, 2.45) is 16.8 Å². The minimum Gasteiger partial charge on any atom is -0.321 e. The van der Waals surface area contributed by atoms with Gasteiger partial charge in [-0.1, -0.05) is 35.5 Å². The number of rotatable bonds is 4. The highest BCUT2D eigenvalue weighted by Gasteiger charge is 2.17. The maximum absolute atomic E-state index is 12.1. The van der Waals surface area contributed by atoms with Crippen LogP contribution >= 0.6 is 27.7 Å². The van der Waals surface area contributed by atoms with E-state index in [0.29, 0.717) is 15.6 Å². The van der Waals surface area contributed by atoms with E-state index in [1.807, 2.05) is 32.9 Å². The third-order valence-electron chi connectivity index (χ3n) is 3.51. The van der Waals surface area contributed by atoms with E-state index in [2.05, 4.69) is 31.3 Å². The second-order valence-corrected chi connectivity index (χ2v) is 7.47. The molecule has 0 aliphatic carbocycles. The van der Waals surface area contributed by atoms with Gasteiger partial charge in [0.15, 0.2) is 0 Å². The average molecular weight is 437 g/mol. The van der Waals surface area contributed by atoms with E-state index in [0.717, 1.165) is 34.1 Å². The van der Waals surface area contributed by atoms with E-state index in [1.54, 1.807) is 18.2 Å². The molecule has 1 aromatic carbocycles. The van der Waals surface area contributed by atoms with Crippen LogP contribution in [-0.4, -0.2) is 21.8 Å². The molecule has 0 saturated heterocycles. The van der Waals surface area contributed by atoms with Crippen molar-refractivity contribution < 1.29 is 4.79 Å². The number of amidine groups is 1. The highest BCUT2D eigenvalue weighted by molar-refractivity contribution is 9.10. The number of halogens is 1. The predicted octanol–water partition coefficient (Wildman–Crippen LogP) is 3.05. The average Bonchev–Trinajstić information content (AvgIpc) is 2.54. The number of hydrazine groups is 1. The zero-order chi connectivity index (χ0) is 19.3. The summed E-state index contributed by atoms with van der Waals surface area (Å²) in [6, 6.07) is 9.35. The minimum absolute atomic E-state index is 0.0991. The van der Waals surface area contributed by atoms with Gasteiger partial charge in [-0.05, 0) is 60.0 Å². The van der Waals surface area contributed by atoms with Gasteiger partial charge < -0.3 is 11.2 Å². The van der Waals surface area contributed by atoms with E-state index in [-0.39, 0.29) is 11.7 Å². The number of hydrogen-bond acceptors (Lipinski definition) is 6. The Hall–Kier alpha value is -2.10. The van der Waals surface area contributed by atoms with Crippen LogP contribution < -0.4 is 22.0 Å². The largest absolute Gasteiger partial charge is 0.321 e. The lowest BCUT2D eigenvalue weighted by Gasteiger charge is -2.23. The number of pyridine rings is 1. The summed E-state index contributed by atoms with van der Waals surface area (Å²) in [6.07, 6.45) is 0. The molecule has 2 aromatic rings. The van der Waals surface area contributed by atoms with Crippen LogP contribution in [0.1, 0.15) is 16.7 Å². The molecule has 1 amide bonds. The summed E-state index contributed by atoms with van der Waals surface area (Å²) in [7, 11) is 0. The fourth-order valence-corrected chi connectivity index (χ4v) is 3.58. The third-order valence-corrected chi connectivity index (χ3v) is 4.92. The van der Waals surface area contributed by atoms with Crippen molar-refractivity contribution in [3.8, 4) is 0 Å². The number of aromatic nitrogens is 1. The van der Waals surface area contributed by atoms with E-state index in [9.17, 15) is 4.79 Å². The smallest absolute Gasteiger partial charge is 0.236 e. The Balaban J connectivity index is 2.04. The lowest BCUT2D eigenvalue weighted by atomic mass is 10.1. The first-order chi connectivity index (χ1) is 12.3. The van der Waals surface area contributed by atoms with Crippen molar-refractivity contribution >= 4 is 50.3 Å². The van der Waals surface area contributed by atoms with E-state index in [4.69, 9.17) is 11.7 Å². The lowest BCUT2D eigenvalue weighted by Crippen LogP contribution is -2.38.